The maximum Gasteiger partial charge on any atom is 0.227 e. The van der Waals surface area contributed by atoms with E-state index in [-0.39, 0.29) is 35.8 Å². The number of halogens is 1. The lowest BCUT2D eigenvalue weighted by Gasteiger charge is -2.40. The van der Waals surface area contributed by atoms with E-state index in [0.717, 1.165) is 44.3 Å². The summed E-state index contributed by atoms with van der Waals surface area (Å²) in [5.41, 5.74) is 3.17. The number of hydrogen-bond donors (Lipinski definition) is 2. The molecule has 2 saturated heterocycles. The SMILES string of the molecule is O=C(C(Cc1cc(O)ccc1Cl)CN1CCC2(CC1)OCc1ccccc12)N1CCC[C@H]1CO. The predicted octanol–water partition coefficient (Wildman–Crippen LogP) is 3.71. The van der Waals surface area contributed by atoms with Crippen LogP contribution in [0.5, 0.6) is 5.75 Å². The van der Waals surface area contributed by atoms with Crippen molar-refractivity contribution in [3.63, 3.8) is 0 Å². The van der Waals surface area contributed by atoms with Crippen LogP contribution in [0.15, 0.2) is 42.5 Å². The summed E-state index contributed by atoms with van der Waals surface area (Å²) < 4.78 is 6.31. The zero-order valence-corrected chi connectivity index (χ0v) is 20.2. The monoisotopic (exact) mass is 484 g/mol. The minimum Gasteiger partial charge on any atom is -0.508 e. The van der Waals surface area contributed by atoms with Gasteiger partial charge >= 0.3 is 0 Å². The van der Waals surface area contributed by atoms with E-state index in [4.69, 9.17) is 16.3 Å². The standard InChI is InChI=1S/C27H33ClN2O4/c28-25-8-7-23(32)15-20(25)14-21(26(33)30-11-3-5-22(30)17-31)16-29-12-9-27(10-13-29)24-6-2-1-4-19(24)18-34-27/h1-2,4,6-8,15,21-22,31-32H,3,5,9-14,16-18H2/t21?,22-/m0/s1. The van der Waals surface area contributed by atoms with E-state index in [2.05, 4.69) is 29.2 Å². The molecular weight excluding hydrogens is 452 g/mol. The number of aliphatic hydroxyl groups excluding tert-OH is 1. The Morgan fingerprint density at radius 3 is 2.76 bits per heavy atom. The summed E-state index contributed by atoms with van der Waals surface area (Å²) in [4.78, 5) is 17.9. The van der Waals surface area contributed by atoms with Gasteiger partial charge in [-0.2, -0.15) is 0 Å². The topological polar surface area (TPSA) is 73.2 Å². The lowest BCUT2D eigenvalue weighted by molar-refractivity contribution is -0.138. The first-order valence-electron chi connectivity index (χ1n) is 12.3. The van der Waals surface area contributed by atoms with Gasteiger partial charge in [-0.15, -0.1) is 0 Å². The van der Waals surface area contributed by atoms with Crippen LogP contribution in [-0.4, -0.2) is 64.7 Å². The van der Waals surface area contributed by atoms with Gasteiger partial charge in [0, 0.05) is 31.2 Å². The molecule has 0 aliphatic carbocycles. The average Bonchev–Trinajstić information content (AvgIpc) is 3.47. The molecule has 0 bridgehead atoms. The highest BCUT2D eigenvalue weighted by atomic mass is 35.5. The largest absolute Gasteiger partial charge is 0.508 e. The molecule has 0 radical (unpaired) electrons. The lowest BCUT2D eigenvalue weighted by Crippen LogP contribution is -2.49. The number of hydrogen-bond acceptors (Lipinski definition) is 5. The van der Waals surface area contributed by atoms with E-state index in [1.54, 1.807) is 18.2 Å². The number of phenols is 1. The molecule has 1 amide bonds. The highest BCUT2D eigenvalue weighted by Gasteiger charge is 2.43. The van der Waals surface area contributed by atoms with Crippen LogP contribution in [0.4, 0.5) is 0 Å². The van der Waals surface area contributed by atoms with Gasteiger partial charge in [0.05, 0.1) is 30.8 Å². The maximum absolute atomic E-state index is 13.7. The molecule has 6 nitrogen and oxygen atoms in total. The molecule has 1 unspecified atom stereocenters. The summed E-state index contributed by atoms with van der Waals surface area (Å²) in [5, 5.41) is 20.3. The first-order valence-corrected chi connectivity index (χ1v) is 12.7. The number of nitrogens with zero attached hydrogens (tertiary/aromatic N) is 2. The third-order valence-electron chi connectivity index (χ3n) is 7.87. The summed E-state index contributed by atoms with van der Waals surface area (Å²) in [6.45, 7) is 3.68. The maximum atomic E-state index is 13.7. The Labute approximate surface area is 206 Å². The second-order valence-corrected chi connectivity index (χ2v) is 10.3. The molecule has 5 rings (SSSR count). The normalized spacial score (nSPS) is 22.8. The quantitative estimate of drug-likeness (QED) is 0.654. The Morgan fingerprint density at radius 2 is 1.97 bits per heavy atom. The molecule has 34 heavy (non-hydrogen) atoms. The molecule has 182 valence electrons. The van der Waals surface area contributed by atoms with Crippen molar-refractivity contribution in [3.8, 4) is 5.75 Å². The minimum atomic E-state index is -0.294. The molecule has 3 heterocycles. The molecule has 3 aliphatic rings. The first kappa shape index (κ1) is 23.6. The number of ether oxygens (including phenoxy) is 1. The molecule has 7 heteroatoms. The molecule has 2 aromatic carbocycles. The van der Waals surface area contributed by atoms with Crippen LogP contribution in [-0.2, 0) is 28.2 Å². The van der Waals surface area contributed by atoms with E-state index in [9.17, 15) is 15.0 Å². The molecule has 0 saturated carbocycles. The summed E-state index contributed by atoms with van der Waals surface area (Å²) in [5.74, 6) is -0.0760. The van der Waals surface area contributed by atoms with Gasteiger partial charge in [0.25, 0.3) is 0 Å². The van der Waals surface area contributed by atoms with Gasteiger partial charge < -0.3 is 24.7 Å². The van der Waals surface area contributed by atoms with Crippen molar-refractivity contribution in [2.45, 2.75) is 50.4 Å². The fourth-order valence-corrected chi connectivity index (χ4v) is 6.16. The number of amides is 1. The molecule has 2 aromatic rings. The van der Waals surface area contributed by atoms with Gasteiger partial charge in [0.15, 0.2) is 0 Å². The fourth-order valence-electron chi connectivity index (χ4n) is 5.97. The van der Waals surface area contributed by atoms with E-state index < -0.39 is 0 Å². The molecule has 2 fully saturated rings. The van der Waals surface area contributed by atoms with Crippen molar-refractivity contribution in [1.29, 1.82) is 0 Å². The Hall–Kier alpha value is -2.12. The Balaban J connectivity index is 1.32. The van der Waals surface area contributed by atoms with Gasteiger partial charge in [-0.1, -0.05) is 35.9 Å². The van der Waals surface area contributed by atoms with Crippen molar-refractivity contribution < 1.29 is 19.7 Å². The van der Waals surface area contributed by atoms with Crippen molar-refractivity contribution >= 4 is 17.5 Å². The second-order valence-electron chi connectivity index (χ2n) is 9.93. The number of carbonyl (C=O) groups excluding carboxylic acids is 1. The van der Waals surface area contributed by atoms with Gasteiger partial charge in [-0.25, -0.2) is 0 Å². The number of benzene rings is 2. The van der Waals surface area contributed by atoms with E-state index in [0.29, 0.717) is 31.1 Å². The predicted molar refractivity (Wildman–Crippen MR) is 131 cm³/mol. The third-order valence-corrected chi connectivity index (χ3v) is 8.24. The summed E-state index contributed by atoms with van der Waals surface area (Å²) in [7, 11) is 0. The molecule has 1 spiro atoms. The van der Waals surface area contributed by atoms with Crippen LogP contribution in [0.2, 0.25) is 5.02 Å². The van der Waals surface area contributed by atoms with E-state index >= 15 is 0 Å². The number of aliphatic hydroxyl groups is 1. The van der Waals surface area contributed by atoms with E-state index in [1.165, 1.54) is 11.1 Å². The summed E-state index contributed by atoms with van der Waals surface area (Å²) in [6, 6.07) is 13.3. The first-order chi connectivity index (χ1) is 16.5. The van der Waals surface area contributed by atoms with Crippen LogP contribution in [0.25, 0.3) is 0 Å². The average molecular weight is 485 g/mol. The van der Waals surface area contributed by atoms with Crippen molar-refractivity contribution in [3.05, 3.63) is 64.2 Å². The van der Waals surface area contributed by atoms with Crippen LogP contribution in [0.3, 0.4) is 0 Å². The zero-order valence-electron chi connectivity index (χ0n) is 19.5. The number of phenolic OH excluding ortho intramolecular Hbond substituents is 1. The minimum absolute atomic E-state index is 0.00563. The van der Waals surface area contributed by atoms with Crippen molar-refractivity contribution in [2.24, 2.45) is 5.92 Å². The number of rotatable bonds is 6. The van der Waals surface area contributed by atoms with Crippen LogP contribution >= 0.6 is 11.6 Å². The molecule has 2 N–H and O–H groups in total. The molecule has 2 atom stereocenters. The second kappa shape index (κ2) is 9.86. The molecule has 0 aromatic heterocycles. The highest BCUT2D eigenvalue weighted by molar-refractivity contribution is 6.31. The fraction of sp³-hybridized carbons (Fsp3) is 0.519. The summed E-state index contributed by atoms with van der Waals surface area (Å²) >= 11 is 6.43. The number of carbonyl (C=O) groups is 1. The van der Waals surface area contributed by atoms with Crippen LogP contribution < -0.4 is 0 Å². The molecule has 3 aliphatic heterocycles. The van der Waals surface area contributed by atoms with Crippen LogP contribution in [0.1, 0.15) is 42.4 Å². The number of fused-ring (bicyclic) bond motifs is 2. The number of aromatic hydroxyl groups is 1. The van der Waals surface area contributed by atoms with Gasteiger partial charge in [-0.3, -0.25) is 4.79 Å². The molecular formula is C27H33ClN2O4. The zero-order chi connectivity index (χ0) is 23.7. The lowest BCUT2D eigenvalue weighted by atomic mass is 9.83. The van der Waals surface area contributed by atoms with Gasteiger partial charge in [0.2, 0.25) is 5.91 Å². The Kier molecular flexibility index (Phi) is 6.85. The Morgan fingerprint density at radius 1 is 1.18 bits per heavy atom. The Bertz CT molecular complexity index is 1040. The smallest absolute Gasteiger partial charge is 0.227 e. The number of piperidine rings is 1. The number of likely N-dealkylation sites (tertiary alicyclic amines) is 2. The van der Waals surface area contributed by atoms with Crippen molar-refractivity contribution in [1.82, 2.24) is 9.80 Å². The third kappa shape index (κ3) is 4.57. The summed E-state index contributed by atoms with van der Waals surface area (Å²) in [6.07, 6.45) is 4.02. The van der Waals surface area contributed by atoms with Crippen LogP contribution in [0, 0.1) is 5.92 Å². The highest BCUT2D eigenvalue weighted by Crippen LogP contribution is 2.44. The van der Waals surface area contributed by atoms with Gasteiger partial charge in [0.1, 0.15) is 5.75 Å². The van der Waals surface area contributed by atoms with Gasteiger partial charge in [-0.05, 0) is 67.0 Å². The van der Waals surface area contributed by atoms with Crippen molar-refractivity contribution in [2.75, 3.05) is 32.8 Å². The van der Waals surface area contributed by atoms with E-state index in [1.807, 2.05) is 4.90 Å².